The summed E-state index contributed by atoms with van der Waals surface area (Å²) in [7, 11) is 0. The molecule has 0 radical (unpaired) electrons. The average molecular weight is 377 g/mol. The first-order valence-electron chi connectivity index (χ1n) is 6.66. The van der Waals surface area contributed by atoms with E-state index >= 15 is 0 Å². The first-order chi connectivity index (χ1) is 9.97. The van der Waals surface area contributed by atoms with Crippen molar-refractivity contribution in [1.82, 2.24) is 0 Å². The van der Waals surface area contributed by atoms with Gasteiger partial charge in [0.2, 0.25) is 0 Å². The molecule has 8 heteroatoms. The fraction of sp³-hybridized carbons (Fsp3) is 0.500. The Kier molecular flexibility index (Phi) is 6.92. The van der Waals surface area contributed by atoms with Gasteiger partial charge < -0.3 is 30.9 Å². The Morgan fingerprint density at radius 1 is 1.14 bits per heavy atom. The van der Waals surface area contributed by atoms with E-state index in [-0.39, 0.29) is 22.8 Å². The van der Waals surface area contributed by atoms with Crippen LogP contribution >= 0.6 is 17.0 Å². The van der Waals surface area contributed by atoms with Crippen LogP contribution in [0.2, 0.25) is 0 Å². The van der Waals surface area contributed by atoms with Crippen LogP contribution in [0.1, 0.15) is 11.5 Å². The van der Waals surface area contributed by atoms with Crippen LogP contribution < -0.4 is 5.73 Å². The third-order valence-electron chi connectivity index (χ3n) is 3.75. The minimum absolute atomic E-state index is 0. The van der Waals surface area contributed by atoms with Crippen molar-refractivity contribution in [2.75, 3.05) is 6.61 Å². The summed E-state index contributed by atoms with van der Waals surface area (Å²) < 4.78 is 5.48. The van der Waals surface area contributed by atoms with Crippen molar-refractivity contribution < 1.29 is 25.2 Å². The summed E-state index contributed by atoms with van der Waals surface area (Å²) in [5, 5.41) is 46.7. The smallest absolute Gasteiger partial charge is 0.111 e. The Morgan fingerprint density at radius 2 is 1.73 bits per heavy atom. The molecule has 1 unspecified atom stereocenters. The van der Waals surface area contributed by atoms with Crippen LogP contribution in [0.5, 0.6) is 0 Å². The van der Waals surface area contributed by atoms with Gasteiger partial charge in [-0.1, -0.05) is 30.3 Å². The third kappa shape index (κ3) is 3.65. The Balaban J connectivity index is 0.00000242. The third-order valence-corrected chi connectivity index (χ3v) is 3.75. The maximum atomic E-state index is 10.1. The number of amidine groups is 1. The van der Waals surface area contributed by atoms with Crippen molar-refractivity contribution in [3.05, 3.63) is 35.9 Å². The molecule has 1 aromatic carbocycles. The molecule has 0 aliphatic carbocycles. The van der Waals surface area contributed by atoms with Crippen molar-refractivity contribution in [2.45, 2.75) is 36.4 Å². The monoisotopic (exact) mass is 376 g/mol. The van der Waals surface area contributed by atoms with Crippen molar-refractivity contribution in [3.63, 3.8) is 0 Å². The first kappa shape index (κ1) is 19.0. The number of ether oxygens (including phenoxy) is 1. The highest BCUT2D eigenvalue weighted by Crippen LogP contribution is 2.31. The Morgan fingerprint density at radius 3 is 2.23 bits per heavy atom. The molecule has 0 bridgehead atoms. The van der Waals surface area contributed by atoms with Crippen LogP contribution in [-0.4, -0.2) is 63.4 Å². The maximum absolute atomic E-state index is 10.1. The van der Waals surface area contributed by atoms with Gasteiger partial charge in [-0.25, -0.2) is 0 Å². The summed E-state index contributed by atoms with van der Waals surface area (Å²) in [6.07, 6.45) is -6.37. The van der Waals surface area contributed by atoms with Gasteiger partial charge in [-0.2, -0.15) is 0 Å². The van der Waals surface area contributed by atoms with E-state index in [1.165, 1.54) is 0 Å². The SMILES string of the molecule is Br.N=C(N)C(c1ccccc1)[C@@H]1O[C@H](CO)[C@@H](O)[C@H](O)[C@@H]1O. The number of rotatable bonds is 4. The number of benzene rings is 1. The number of aliphatic hydroxyl groups excluding tert-OH is 4. The zero-order valence-corrected chi connectivity index (χ0v) is 13.5. The lowest BCUT2D eigenvalue weighted by molar-refractivity contribution is -0.230. The van der Waals surface area contributed by atoms with Crippen LogP contribution in [-0.2, 0) is 4.74 Å². The molecule has 1 aromatic rings. The average Bonchev–Trinajstić information content (AvgIpc) is 2.48. The zero-order valence-electron chi connectivity index (χ0n) is 11.7. The predicted octanol–water partition coefficient (Wildman–Crippen LogP) is -0.874. The van der Waals surface area contributed by atoms with Gasteiger partial charge in [-0.15, -0.1) is 17.0 Å². The Hall–Kier alpha value is -1.03. The van der Waals surface area contributed by atoms with E-state index in [9.17, 15) is 20.4 Å². The van der Waals surface area contributed by atoms with Gasteiger partial charge in [0.15, 0.2) is 0 Å². The molecule has 0 spiro atoms. The molecule has 124 valence electrons. The number of aliphatic hydroxyl groups is 4. The van der Waals surface area contributed by atoms with Crippen molar-refractivity contribution >= 4 is 22.8 Å². The molecule has 1 heterocycles. The van der Waals surface area contributed by atoms with Crippen molar-refractivity contribution in [2.24, 2.45) is 5.73 Å². The number of nitrogens with two attached hydrogens (primary N) is 1. The standard InChI is InChI=1S/C14H20N2O5.BrH/c15-14(16)9(7-4-2-1-3-5-7)13-12(20)11(19)10(18)8(6-17)21-13;/h1-5,8-13,17-20H,6H2,(H3,15,16);1H/t8-,9?,10-,11+,12+,13+;/m1./s1. The van der Waals surface area contributed by atoms with Gasteiger partial charge in [0.05, 0.1) is 12.5 Å². The van der Waals surface area contributed by atoms with Gasteiger partial charge in [0.25, 0.3) is 0 Å². The molecule has 6 atom stereocenters. The largest absolute Gasteiger partial charge is 0.394 e. The Bertz CT molecular complexity index is 487. The second-order valence-electron chi connectivity index (χ2n) is 5.14. The van der Waals surface area contributed by atoms with Crippen LogP contribution in [0.3, 0.4) is 0 Å². The van der Waals surface area contributed by atoms with Gasteiger partial charge in [0.1, 0.15) is 36.4 Å². The van der Waals surface area contributed by atoms with Crippen LogP contribution in [0, 0.1) is 5.41 Å². The maximum Gasteiger partial charge on any atom is 0.111 e. The molecular formula is C14H21BrN2O5. The number of nitrogens with one attached hydrogen (secondary N) is 1. The lowest BCUT2D eigenvalue weighted by atomic mass is 9.83. The molecular weight excluding hydrogens is 356 g/mol. The molecule has 0 saturated carbocycles. The van der Waals surface area contributed by atoms with E-state index < -0.39 is 43.0 Å². The van der Waals surface area contributed by atoms with Crippen molar-refractivity contribution in [1.29, 1.82) is 5.41 Å². The number of halogens is 1. The summed E-state index contributed by atoms with van der Waals surface area (Å²) in [5.74, 6) is -1.01. The van der Waals surface area contributed by atoms with Gasteiger partial charge in [0, 0.05) is 0 Å². The molecule has 0 amide bonds. The van der Waals surface area contributed by atoms with E-state index in [4.69, 9.17) is 15.9 Å². The normalized spacial score (nSPS) is 32.8. The summed E-state index contributed by atoms with van der Waals surface area (Å²) in [6.45, 7) is -0.513. The zero-order chi connectivity index (χ0) is 15.6. The summed E-state index contributed by atoms with van der Waals surface area (Å²) in [5.41, 5.74) is 6.26. The molecule has 1 saturated heterocycles. The minimum atomic E-state index is -1.48. The summed E-state index contributed by atoms with van der Waals surface area (Å²) in [6, 6.07) is 8.78. The molecule has 1 aliphatic heterocycles. The van der Waals surface area contributed by atoms with Gasteiger partial charge in [-0.3, -0.25) is 5.41 Å². The quantitative estimate of drug-likeness (QED) is 0.298. The first-order valence-corrected chi connectivity index (χ1v) is 6.66. The lowest BCUT2D eigenvalue weighted by Crippen LogP contribution is -2.61. The lowest BCUT2D eigenvalue weighted by Gasteiger charge is -2.43. The van der Waals surface area contributed by atoms with Gasteiger partial charge in [-0.05, 0) is 5.56 Å². The van der Waals surface area contributed by atoms with E-state index in [1.807, 2.05) is 0 Å². The second-order valence-corrected chi connectivity index (χ2v) is 5.14. The topological polar surface area (TPSA) is 140 Å². The minimum Gasteiger partial charge on any atom is -0.394 e. The molecule has 7 N–H and O–H groups in total. The molecule has 22 heavy (non-hydrogen) atoms. The fourth-order valence-corrected chi connectivity index (χ4v) is 2.61. The number of hydrogen-bond acceptors (Lipinski definition) is 6. The second kappa shape index (κ2) is 8.00. The summed E-state index contributed by atoms with van der Waals surface area (Å²) >= 11 is 0. The molecule has 0 aromatic heterocycles. The van der Waals surface area contributed by atoms with E-state index in [1.54, 1.807) is 30.3 Å². The molecule has 1 aliphatic rings. The van der Waals surface area contributed by atoms with Crippen LogP contribution in [0.4, 0.5) is 0 Å². The number of hydrogen-bond donors (Lipinski definition) is 6. The van der Waals surface area contributed by atoms with Crippen molar-refractivity contribution in [3.8, 4) is 0 Å². The van der Waals surface area contributed by atoms with Crippen LogP contribution in [0.15, 0.2) is 30.3 Å². The predicted molar refractivity (Wildman–Crippen MR) is 85.2 cm³/mol. The molecule has 2 rings (SSSR count). The highest BCUT2D eigenvalue weighted by molar-refractivity contribution is 8.93. The van der Waals surface area contributed by atoms with E-state index in [0.29, 0.717) is 5.56 Å². The molecule has 1 fully saturated rings. The highest BCUT2D eigenvalue weighted by atomic mass is 79.9. The summed E-state index contributed by atoms with van der Waals surface area (Å²) in [4.78, 5) is 0. The van der Waals surface area contributed by atoms with Gasteiger partial charge >= 0.3 is 0 Å². The van der Waals surface area contributed by atoms with E-state index in [0.717, 1.165) is 0 Å². The fourth-order valence-electron chi connectivity index (χ4n) is 2.61. The Labute approximate surface area is 138 Å². The van der Waals surface area contributed by atoms with Crippen LogP contribution in [0.25, 0.3) is 0 Å². The molecule has 7 nitrogen and oxygen atoms in total. The highest BCUT2D eigenvalue weighted by Gasteiger charge is 2.47. The van der Waals surface area contributed by atoms with E-state index in [2.05, 4.69) is 0 Å².